The summed E-state index contributed by atoms with van der Waals surface area (Å²) in [5.41, 5.74) is 0.135. The lowest BCUT2D eigenvalue weighted by Crippen LogP contribution is -2.54. The van der Waals surface area contributed by atoms with Crippen LogP contribution in [0.25, 0.3) is 0 Å². The van der Waals surface area contributed by atoms with Crippen molar-refractivity contribution in [3.8, 4) is 0 Å². The van der Waals surface area contributed by atoms with Crippen molar-refractivity contribution in [3.63, 3.8) is 0 Å². The first-order valence-corrected chi connectivity index (χ1v) is 7.10. The maximum Gasteiger partial charge on any atom is 0.146 e. The topological polar surface area (TPSA) is 35.5 Å². The minimum absolute atomic E-state index is 0.0612. The predicted octanol–water partition coefficient (Wildman–Crippen LogP) is 2.23. The average Bonchev–Trinajstić information content (AvgIpc) is 2.88. The van der Waals surface area contributed by atoms with Gasteiger partial charge in [0.1, 0.15) is 5.82 Å². The van der Waals surface area contributed by atoms with Gasteiger partial charge >= 0.3 is 0 Å². The zero-order valence-corrected chi connectivity index (χ0v) is 11.1. The summed E-state index contributed by atoms with van der Waals surface area (Å²) in [4.78, 5) is 2.50. The Bertz CT molecular complexity index is 454. The number of piperidine rings is 1. The third-order valence-corrected chi connectivity index (χ3v) is 4.58. The van der Waals surface area contributed by atoms with Crippen molar-refractivity contribution in [2.45, 2.75) is 37.3 Å². The molecule has 2 atom stereocenters. The summed E-state index contributed by atoms with van der Waals surface area (Å²) >= 11 is 0. The first kappa shape index (κ1) is 12.9. The van der Waals surface area contributed by atoms with Gasteiger partial charge in [0.25, 0.3) is 0 Å². The summed E-state index contributed by atoms with van der Waals surface area (Å²) in [5, 5.41) is 13.1. The molecule has 2 unspecified atom stereocenters. The molecule has 0 spiro atoms. The van der Waals surface area contributed by atoms with Crippen LogP contribution in [0, 0.1) is 5.82 Å². The minimum Gasteiger partial charge on any atom is -0.394 e. The number of aliphatic hydroxyl groups is 1. The molecule has 2 aliphatic heterocycles. The third-order valence-electron chi connectivity index (χ3n) is 4.58. The molecule has 1 aromatic rings. The number of rotatable bonds is 3. The van der Waals surface area contributed by atoms with Crippen molar-refractivity contribution >= 4 is 5.69 Å². The van der Waals surface area contributed by atoms with Crippen LogP contribution in [-0.4, -0.2) is 41.3 Å². The summed E-state index contributed by atoms with van der Waals surface area (Å²) in [6.45, 7) is 2.23. The molecule has 2 N–H and O–H groups in total. The smallest absolute Gasteiger partial charge is 0.146 e. The van der Waals surface area contributed by atoms with E-state index in [1.165, 1.54) is 25.5 Å². The van der Waals surface area contributed by atoms with Gasteiger partial charge in [-0.15, -0.1) is 0 Å². The van der Waals surface area contributed by atoms with Gasteiger partial charge in [-0.05, 0) is 44.4 Å². The SMILES string of the molecule is OCC1(Nc2ccccc2F)CCN2CCCC2C1. The number of nitrogens with one attached hydrogen (secondary N) is 1. The molecule has 0 bridgehead atoms. The Morgan fingerprint density at radius 2 is 2.21 bits per heavy atom. The van der Waals surface area contributed by atoms with E-state index >= 15 is 0 Å². The number of para-hydroxylation sites is 1. The summed E-state index contributed by atoms with van der Waals surface area (Å²) < 4.78 is 13.8. The highest BCUT2D eigenvalue weighted by atomic mass is 19.1. The van der Waals surface area contributed by atoms with Gasteiger partial charge in [0.2, 0.25) is 0 Å². The molecule has 19 heavy (non-hydrogen) atoms. The molecule has 0 saturated carbocycles. The van der Waals surface area contributed by atoms with Crippen LogP contribution in [0.15, 0.2) is 24.3 Å². The summed E-state index contributed by atoms with van der Waals surface area (Å²) in [6, 6.07) is 7.25. The number of hydrogen-bond donors (Lipinski definition) is 2. The highest BCUT2D eigenvalue weighted by Crippen LogP contribution is 2.35. The van der Waals surface area contributed by atoms with E-state index < -0.39 is 0 Å². The van der Waals surface area contributed by atoms with Crippen LogP contribution < -0.4 is 5.32 Å². The van der Waals surface area contributed by atoms with Crippen molar-refractivity contribution in [1.29, 1.82) is 0 Å². The van der Waals surface area contributed by atoms with Gasteiger partial charge in [-0.25, -0.2) is 4.39 Å². The third kappa shape index (κ3) is 2.47. The molecule has 2 heterocycles. The number of nitrogens with zero attached hydrogens (tertiary/aromatic N) is 1. The van der Waals surface area contributed by atoms with E-state index in [1.807, 2.05) is 6.07 Å². The number of anilines is 1. The molecular weight excluding hydrogens is 243 g/mol. The largest absolute Gasteiger partial charge is 0.394 e. The van der Waals surface area contributed by atoms with Gasteiger partial charge < -0.3 is 15.3 Å². The maximum atomic E-state index is 13.8. The Hall–Kier alpha value is -1.13. The molecular formula is C15H21FN2O. The number of benzene rings is 1. The molecule has 3 nitrogen and oxygen atoms in total. The Labute approximate surface area is 113 Å². The lowest BCUT2D eigenvalue weighted by molar-refractivity contribution is 0.0962. The number of halogens is 1. The highest BCUT2D eigenvalue weighted by Gasteiger charge is 2.41. The fourth-order valence-electron chi connectivity index (χ4n) is 3.48. The second kappa shape index (κ2) is 5.10. The minimum atomic E-state index is -0.367. The number of fused-ring (bicyclic) bond motifs is 1. The van der Waals surface area contributed by atoms with Crippen molar-refractivity contribution in [2.75, 3.05) is 25.0 Å². The van der Waals surface area contributed by atoms with Crippen molar-refractivity contribution in [3.05, 3.63) is 30.1 Å². The molecule has 0 amide bonds. The molecule has 3 rings (SSSR count). The van der Waals surface area contributed by atoms with Crippen LogP contribution in [0.2, 0.25) is 0 Å². The van der Waals surface area contributed by atoms with Crippen molar-refractivity contribution in [2.24, 2.45) is 0 Å². The molecule has 0 aromatic heterocycles. The van der Waals surface area contributed by atoms with E-state index in [-0.39, 0.29) is 18.0 Å². The van der Waals surface area contributed by atoms with Crippen molar-refractivity contribution in [1.82, 2.24) is 4.90 Å². The standard InChI is InChI=1S/C15H21FN2O/c16-13-5-1-2-6-14(13)17-15(11-19)7-9-18-8-3-4-12(18)10-15/h1-2,5-6,12,17,19H,3-4,7-11H2. The highest BCUT2D eigenvalue weighted by molar-refractivity contribution is 5.47. The van der Waals surface area contributed by atoms with E-state index in [9.17, 15) is 9.50 Å². The molecule has 0 radical (unpaired) electrons. The van der Waals surface area contributed by atoms with Crippen LogP contribution in [0.4, 0.5) is 10.1 Å². The summed E-state index contributed by atoms with van der Waals surface area (Å²) in [5.74, 6) is -0.246. The Balaban J connectivity index is 1.78. The fourth-order valence-corrected chi connectivity index (χ4v) is 3.48. The Kier molecular flexibility index (Phi) is 3.46. The first-order valence-electron chi connectivity index (χ1n) is 7.10. The van der Waals surface area contributed by atoms with Gasteiger partial charge in [-0.1, -0.05) is 12.1 Å². The van der Waals surface area contributed by atoms with Crippen LogP contribution in [0.3, 0.4) is 0 Å². The molecule has 2 fully saturated rings. The quantitative estimate of drug-likeness (QED) is 0.879. The van der Waals surface area contributed by atoms with Gasteiger partial charge in [0, 0.05) is 12.6 Å². The normalized spacial score (nSPS) is 31.2. The second-order valence-corrected chi connectivity index (χ2v) is 5.83. The zero-order chi connectivity index (χ0) is 13.3. The first-order chi connectivity index (χ1) is 9.22. The second-order valence-electron chi connectivity index (χ2n) is 5.83. The zero-order valence-electron chi connectivity index (χ0n) is 11.1. The predicted molar refractivity (Wildman–Crippen MR) is 73.7 cm³/mol. The lowest BCUT2D eigenvalue weighted by Gasteiger charge is -2.44. The van der Waals surface area contributed by atoms with Crippen LogP contribution in [-0.2, 0) is 0 Å². The molecule has 1 aromatic carbocycles. The lowest BCUT2D eigenvalue weighted by atomic mass is 9.83. The molecule has 2 aliphatic rings. The van der Waals surface area contributed by atoms with Gasteiger partial charge in [0.15, 0.2) is 0 Å². The van der Waals surface area contributed by atoms with Crippen molar-refractivity contribution < 1.29 is 9.50 Å². The number of hydrogen-bond acceptors (Lipinski definition) is 3. The Morgan fingerprint density at radius 3 is 3.00 bits per heavy atom. The molecule has 104 valence electrons. The van der Waals surface area contributed by atoms with Crippen LogP contribution >= 0.6 is 0 Å². The van der Waals surface area contributed by atoms with Gasteiger partial charge in [-0.3, -0.25) is 0 Å². The van der Waals surface area contributed by atoms with E-state index in [4.69, 9.17) is 0 Å². The summed E-state index contributed by atoms with van der Waals surface area (Å²) in [7, 11) is 0. The summed E-state index contributed by atoms with van der Waals surface area (Å²) in [6.07, 6.45) is 4.21. The van der Waals surface area contributed by atoms with E-state index in [0.29, 0.717) is 11.7 Å². The van der Waals surface area contributed by atoms with E-state index in [2.05, 4.69) is 10.2 Å². The maximum absolute atomic E-state index is 13.8. The number of aliphatic hydroxyl groups excluding tert-OH is 1. The fraction of sp³-hybridized carbons (Fsp3) is 0.600. The van der Waals surface area contributed by atoms with Crippen LogP contribution in [0.5, 0.6) is 0 Å². The van der Waals surface area contributed by atoms with Crippen LogP contribution in [0.1, 0.15) is 25.7 Å². The van der Waals surface area contributed by atoms with Gasteiger partial charge in [-0.2, -0.15) is 0 Å². The van der Waals surface area contributed by atoms with E-state index in [1.54, 1.807) is 12.1 Å². The molecule has 4 heteroatoms. The Morgan fingerprint density at radius 1 is 1.37 bits per heavy atom. The monoisotopic (exact) mass is 264 g/mol. The van der Waals surface area contributed by atoms with E-state index in [0.717, 1.165) is 19.4 Å². The molecule has 2 saturated heterocycles. The average molecular weight is 264 g/mol. The van der Waals surface area contributed by atoms with Gasteiger partial charge in [0.05, 0.1) is 17.8 Å². The molecule has 0 aliphatic carbocycles.